The molecule has 0 saturated carbocycles. The van der Waals surface area contributed by atoms with Crippen LogP contribution in [-0.2, 0) is 27.6 Å². The summed E-state index contributed by atoms with van der Waals surface area (Å²) in [6.07, 6.45) is 1.99. The molecule has 0 atom stereocenters. The minimum Gasteiger partial charge on any atom is -0.379 e. The average Bonchev–Trinajstić information content (AvgIpc) is 3.21. The number of aryl methyl sites for hydroxylation is 2. The molecule has 0 aromatic heterocycles. The SMILES string of the molecule is O=C(Nc1ccc2c3c(cccc13)CC2)c1cc(S(=O)(=O)N2CCOCC2)ccc1Cl. The molecule has 160 valence electrons. The quantitative estimate of drug-likeness (QED) is 0.646. The Hall–Kier alpha value is -2.45. The molecule has 3 aromatic carbocycles. The maximum Gasteiger partial charge on any atom is 0.257 e. The van der Waals surface area contributed by atoms with Crippen LogP contribution in [0.2, 0.25) is 5.02 Å². The van der Waals surface area contributed by atoms with Crippen LogP contribution in [0.25, 0.3) is 10.8 Å². The van der Waals surface area contributed by atoms with Crippen molar-refractivity contribution in [2.24, 2.45) is 0 Å². The van der Waals surface area contributed by atoms with Gasteiger partial charge in [-0.1, -0.05) is 35.9 Å². The fourth-order valence-electron chi connectivity index (χ4n) is 4.32. The topological polar surface area (TPSA) is 75.7 Å². The van der Waals surface area contributed by atoms with E-state index in [4.69, 9.17) is 16.3 Å². The number of rotatable bonds is 4. The lowest BCUT2D eigenvalue weighted by molar-refractivity contribution is 0.0730. The number of benzene rings is 3. The number of carbonyl (C=O) groups excluding carboxylic acids is 1. The first kappa shape index (κ1) is 20.5. The van der Waals surface area contributed by atoms with Gasteiger partial charge in [0.05, 0.1) is 28.7 Å². The number of hydrogen-bond donors (Lipinski definition) is 1. The van der Waals surface area contributed by atoms with Crippen molar-refractivity contribution >= 4 is 44.0 Å². The maximum absolute atomic E-state index is 13.1. The Morgan fingerprint density at radius 1 is 1.00 bits per heavy atom. The van der Waals surface area contributed by atoms with Gasteiger partial charge in [-0.15, -0.1) is 0 Å². The van der Waals surface area contributed by atoms with Gasteiger partial charge in [-0.3, -0.25) is 4.79 Å². The number of carbonyl (C=O) groups is 1. The molecule has 1 aliphatic heterocycles. The van der Waals surface area contributed by atoms with Gasteiger partial charge in [-0.2, -0.15) is 4.31 Å². The van der Waals surface area contributed by atoms with Crippen LogP contribution in [0.1, 0.15) is 21.5 Å². The van der Waals surface area contributed by atoms with E-state index in [1.807, 2.05) is 24.3 Å². The van der Waals surface area contributed by atoms with Crippen LogP contribution in [0.15, 0.2) is 53.4 Å². The van der Waals surface area contributed by atoms with Crippen LogP contribution < -0.4 is 5.32 Å². The summed E-state index contributed by atoms with van der Waals surface area (Å²) in [5, 5.41) is 5.30. The van der Waals surface area contributed by atoms with E-state index in [2.05, 4.69) is 11.4 Å². The van der Waals surface area contributed by atoms with E-state index in [1.165, 1.54) is 39.0 Å². The van der Waals surface area contributed by atoms with Crippen molar-refractivity contribution in [3.05, 3.63) is 70.2 Å². The first-order valence-electron chi connectivity index (χ1n) is 10.2. The maximum atomic E-state index is 13.1. The Morgan fingerprint density at radius 3 is 2.52 bits per heavy atom. The lowest BCUT2D eigenvalue weighted by Crippen LogP contribution is -2.40. The molecule has 5 rings (SSSR count). The molecule has 0 bridgehead atoms. The van der Waals surface area contributed by atoms with Gasteiger partial charge < -0.3 is 10.1 Å². The van der Waals surface area contributed by atoms with Crippen LogP contribution >= 0.6 is 11.6 Å². The van der Waals surface area contributed by atoms with E-state index in [0.29, 0.717) is 18.9 Å². The zero-order chi connectivity index (χ0) is 21.6. The minimum atomic E-state index is -3.73. The van der Waals surface area contributed by atoms with Crippen LogP contribution in [-0.4, -0.2) is 44.9 Å². The smallest absolute Gasteiger partial charge is 0.257 e. The Labute approximate surface area is 185 Å². The zero-order valence-corrected chi connectivity index (χ0v) is 18.3. The number of halogens is 1. The normalized spacial score (nSPS) is 16.5. The first-order valence-corrected chi connectivity index (χ1v) is 12.0. The molecule has 0 unspecified atom stereocenters. The molecule has 2 aliphatic rings. The van der Waals surface area contributed by atoms with Crippen molar-refractivity contribution < 1.29 is 17.9 Å². The molecular formula is C23H21ClN2O4S. The van der Waals surface area contributed by atoms with Crippen LogP contribution in [0.5, 0.6) is 0 Å². The van der Waals surface area contributed by atoms with Crippen LogP contribution in [0.4, 0.5) is 5.69 Å². The summed E-state index contributed by atoms with van der Waals surface area (Å²) in [7, 11) is -3.73. The largest absolute Gasteiger partial charge is 0.379 e. The third-order valence-corrected chi connectivity index (χ3v) is 8.14. The molecule has 6 nitrogen and oxygen atoms in total. The van der Waals surface area contributed by atoms with E-state index in [-0.39, 0.29) is 28.6 Å². The van der Waals surface area contributed by atoms with E-state index in [9.17, 15) is 13.2 Å². The Morgan fingerprint density at radius 2 is 1.74 bits per heavy atom. The lowest BCUT2D eigenvalue weighted by Gasteiger charge is -2.26. The van der Waals surface area contributed by atoms with Gasteiger partial charge in [-0.25, -0.2) is 8.42 Å². The second-order valence-electron chi connectivity index (χ2n) is 7.72. The standard InChI is InChI=1S/C23H21ClN2O4S/c24-20-8-7-17(31(28,29)26-10-12-30-13-11-26)14-19(20)23(27)25-21-9-6-16-5-4-15-2-1-3-18(21)22(15)16/h1-3,6-9,14H,4-5,10-13H2,(H,25,27). The second kappa shape index (κ2) is 7.91. The Kier molecular flexibility index (Phi) is 5.22. The summed E-state index contributed by atoms with van der Waals surface area (Å²) < 4.78 is 32.6. The highest BCUT2D eigenvalue weighted by Gasteiger charge is 2.28. The van der Waals surface area contributed by atoms with Crippen molar-refractivity contribution in [1.29, 1.82) is 0 Å². The summed E-state index contributed by atoms with van der Waals surface area (Å²) >= 11 is 6.28. The molecule has 1 fully saturated rings. The number of sulfonamides is 1. The highest BCUT2D eigenvalue weighted by Crippen LogP contribution is 2.35. The number of anilines is 1. The molecule has 1 amide bonds. The summed E-state index contributed by atoms with van der Waals surface area (Å²) in [4.78, 5) is 13.1. The van der Waals surface area contributed by atoms with Crippen molar-refractivity contribution in [1.82, 2.24) is 4.31 Å². The lowest BCUT2D eigenvalue weighted by atomic mass is 10.0. The highest BCUT2D eigenvalue weighted by molar-refractivity contribution is 7.89. The number of ether oxygens (including phenoxy) is 1. The third kappa shape index (κ3) is 3.61. The van der Waals surface area contributed by atoms with Gasteiger partial charge in [0.2, 0.25) is 10.0 Å². The first-order chi connectivity index (χ1) is 14.9. The molecule has 0 spiro atoms. The summed E-state index contributed by atoms with van der Waals surface area (Å²) in [5.74, 6) is -0.442. The van der Waals surface area contributed by atoms with E-state index < -0.39 is 15.9 Å². The van der Waals surface area contributed by atoms with E-state index in [1.54, 1.807) is 0 Å². The minimum absolute atomic E-state index is 0.0457. The molecule has 1 saturated heterocycles. The number of morpholine rings is 1. The number of amides is 1. The van der Waals surface area contributed by atoms with Crippen molar-refractivity contribution in [2.75, 3.05) is 31.6 Å². The van der Waals surface area contributed by atoms with Gasteiger partial charge in [0.25, 0.3) is 5.91 Å². The number of nitrogens with zero attached hydrogens (tertiary/aromatic N) is 1. The molecule has 1 heterocycles. The van der Waals surface area contributed by atoms with E-state index in [0.717, 1.165) is 18.2 Å². The Balaban J connectivity index is 1.48. The third-order valence-electron chi connectivity index (χ3n) is 5.92. The predicted octanol–water partition coefficient (Wildman–Crippen LogP) is 3.87. The van der Waals surface area contributed by atoms with Gasteiger partial charge in [0.15, 0.2) is 0 Å². The number of nitrogens with one attached hydrogen (secondary N) is 1. The monoisotopic (exact) mass is 456 g/mol. The molecule has 8 heteroatoms. The van der Waals surface area contributed by atoms with Crippen LogP contribution in [0.3, 0.4) is 0 Å². The molecule has 31 heavy (non-hydrogen) atoms. The second-order valence-corrected chi connectivity index (χ2v) is 10.1. The molecule has 1 aliphatic carbocycles. The van der Waals surface area contributed by atoms with Gasteiger partial charge >= 0.3 is 0 Å². The summed E-state index contributed by atoms with van der Waals surface area (Å²) in [6.45, 7) is 1.27. The predicted molar refractivity (Wildman–Crippen MR) is 120 cm³/mol. The molecule has 3 aromatic rings. The molecular weight excluding hydrogens is 436 g/mol. The van der Waals surface area contributed by atoms with Gasteiger partial charge in [-0.05, 0) is 53.6 Å². The van der Waals surface area contributed by atoms with E-state index >= 15 is 0 Å². The highest BCUT2D eigenvalue weighted by atomic mass is 35.5. The van der Waals surface area contributed by atoms with Gasteiger partial charge in [0.1, 0.15) is 0 Å². The number of hydrogen-bond acceptors (Lipinski definition) is 4. The average molecular weight is 457 g/mol. The zero-order valence-electron chi connectivity index (χ0n) is 16.7. The van der Waals surface area contributed by atoms with Crippen molar-refractivity contribution in [3.8, 4) is 0 Å². The summed E-state index contributed by atoms with van der Waals surface area (Å²) in [5.41, 5.74) is 3.37. The summed E-state index contributed by atoms with van der Waals surface area (Å²) in [6, 6.07) is 14.3. The van der Waals surface area contributed by atoms with Gasteiger partial charge in [0, 0.05) is 24.2 Å². The fourth-order valence-corrected chi connectivity index (χ4v) is 5.96. The molecule has 0 radical (unpaired) electrons. The molecule has 1 N–H and O–H groups in total. The van der Waals surface area contributed by atoms with Crippen LogP contribution in [0, 0.1) is 0 Å². The fraction of sp³-hybridized carbons (Fsp3) is 0.261. The van der Waals surface area contributed by atoms with Crippen molar-refractivity contribution in [2.45, 2.75) is 17.7 Å². The Bertz CT molecular complexity index is 1290. The van der Waals surface area contributed by atoms with Crippen molar-refractivity contribution in [3.63, 3.8) is 0 Å².